The predicted octanol–water partition coefficient (Wildman–Crippen LogP) is 3.24. The van der Waals surface area contributed by atoms with Crippen molar-refractivity contribution >= 4 is 29.9 Å². The Labute approximate surface area is 175 Å². The van der Waals surface area contributed by atoms with Crippen LogP contribution in [0.3, 0.4) is 0 Å². The van der Waals surface area contributed by atoms with E-state index in [0.29, 0.717) is 5.92 Å². The summed E-state index contributed by atoms with van der Waals surface area (Å²) in [6, 6.07) is 10.6. The van der Waals surface area contributed by atoms with Crippen LogP contribution in [0.15, 0.2) is 35.3 Å². The minimum absolute atomic E-state index is 0. The highest BCUT2D eigenvalue weighted by Gasteiger charge is 2.15. The number of nitrogens with one attached hydrogen (secondary N) is 2. The van der Waals surface area contributed by atoms with E-state index in [4.69, 9.17) is 9.47 Å². The van der Waals surface area contributed by atoms with Crippen LogP contribution in [0, 0.1) is 5.92 Å². The van der Waals surface area contributed by atoms with Gasteiger partial charge in [0.2, 0.25) is 0 Å². The summed E-state index contributed by atoms with van der Waals surface area (Å²) in [6.45, 7) is 8.05. The van der Waals surface area contributed by atoms with E-state index in [0.717, 1.165) is 77.7 Å². The normalized spacial score (nSPS) is 17.0. The molecule has 1 saturated heterocycles. The van der Waals surface area contributed by atoms with Gasteiger partial charge < -0.3 is 20.1 Å². The van der Waals surface area contributed by atoms with Crippen LogP contribution in [0.25, 0.3) is 0 Å². The number of rotatable bonds is 11. The second-order valence-corrected chi connectivity index (χ2v) is 6.43. The largest absolute Gasteiger partial charge is 0.381 e. The molecule has 2 N–H and O–H groups in total. The van der Waals surface area contributed by atoms with Gasteiger partial charge in [0.25, 0.3) is 0 Å². The number of halogens is 1. The summed E-state index contributed by atoms with van der Waals surface area (Å²) in [5.74, 6) is 1.50. The van der Waals surface area contributed by atoms with Crippen LogP contribution < -0.4 is 10.6 Å². The van der Waals surface area contributed by atoms with E-state index in [1.54, 1.807) is 0 Å². The van der Waals surface area contributed by atoms with Crippen LogP contribution in [0.2, 0.25) is 0 Å². The van der Waals surface area contributed by atoms with E-state index in [1.165, 1.54) is 5.56 Å². The molecule has 0 aromatic heterocycles. The van der Waals surface area contributed by atoms with Gasteiger partial charge in [-0.1, -0.05) is 30.3 Å². The van der Waals surface area contributed by atoms with Gasteiger partial charge in [0.1, 0.15) is 0 Å². The van der Waals surface area contributed by atoms with Crippen molar-refractivity contribution in [2.75, 3.05) is 46.1 Å². The van der Waals surface area contributed by atoms with Crippen molar-refractivity contribution in [2.45, 2.75) is 32.6 Å². The summed E-state index contributed by atoms with van der Waals surface area (Å²) in [6.07, 6.45) is 4.26. The monoisotopic (exact) mass is 475 g/mol. The van der Waals surface area contributed by atoms with Gasteiger partial charge in [-0.2, -0.15) is 0 Å². The lowest BCUT2D eigenvalue weighted by atomic mass is 10.1. The molecule has 1 aromatic rings. The molecule has 1 aliphatic rings. The van der Waals surface area contributed by atoms with Gasteiger partial charge in [-0.3, -0.25) is 4.99 Å². The Bertz CT molecular complexity index is 479. The maximum atomic E-state index is 5.73. The molecule has 0 amide bonds. The predicted molar refractivity (Wildman–Crippen MR) is 119 cm³/mol. The molecule has 1 aliphatic heterocycles. The highest BCUT2D eigenvalue weighted by molar-refractivity contribution is 14.0. The zero-order valence-electron chi connectivity index (χ0n) is 15.9. The summed E-state index contributed by atoms with van der Waals surface area (Å²) in [4.78, 5) is 4.65. The lowest BCUT2D eigenvalue weighted by molar-refractivity contribution is 0.0888. The molecule has 1 unspecified atom stereocenters. The summed E-state index contributed by atoms with van der Waals surface area (Å²) in [5.41, 5.74) is 1.38. The molecule has 0 saturated carbocycles. The Hall–Kier alpha value is -0.860. The third-order valence-corrected chi connectivity index (χ3v) is 4.22. The number of ether oxygens (including phenoxy) is 2. The quantitative estimate of drug-likeness (QED) is 0.223. The van der Waals surface area contributed by atoms with Gasteiger partial charge in [0.05, 0.1) is 13.2 Å². The lowest BCUT2D eigenvalue weighted by Crippen LogP contribution is -2.38. The average Bonchev–Trinajstić information content (AvgIpc) is 3.16. The third-order valence-electron chi connectivity index (χ3n) is 4.22. The van der Waals surface area contributed by atoms with E-state index in [2.05, 4.69) is 52.9 Å². The van der Waals surface area contributed by atoms with E-state index < -0.39 is 0 Å². The van der Waals surface area contributed by atoms with Crippen molar-refractivity contribution in [3.63, 3.8) is 0 Å². The van der Waals surface area contributed by atoms with Crippen LogP contribution in [-0.2, 0) is 15.9 Å². The SMILES string of the molecule is CCNC(=NCCCc1ccccc1)NCCCOCC1CCOC1.I. The Balaban J connectivity index is 0.00000338. The molecule has 2 rings (SSSR count). The first-order chi connectivity index (χ1) is 12.4. The molecule has 1 heterocycles. The van der Waals surface area contributed by atoms with Crippen LogP contribution in [0.5, 0.6) is 0 Å². The van der Waals surface area contributed by atoms with Crippen LogP contribution in [-0.4, -0.2) is 52.0 Å². The van der Waals surface area contributed by atoms with Gasteiger partial charge in [-0.15, -0.1) is 24.0 Å². The second-order valence-electron chi connectivity index (χ2n) is 6.43. The first kappa shape index (κ1) is 23.2. The lowest BCUT2D eigenvalue weighted by Gasteiger charge is -2.12. The zero-order valence-corrected chi connectivity index (χ0v) is 18.2. The molecule has 6 heteroatoms. The maximum absolute atomic E-state index is 5.73. The van der Waals surface area contributed by atoms with Crippen molar-refractivity contribution < 1.29 is 9.47 Å². The van der Waals surface area contributed by atoms with Gasteiger partial charge in [0, 0.05) is 38.8 Å². The molecule has 0 bridgehead atoms. The van der Waals surface area contributed by atoms with Crippen molar-refractivity contribution in [2.24, 2.45) is 10.9 Å². The summed E-state index contributed by atoms with van der Waals surface area (Å²) < 4.78 is 11.1. The van der Waals surface area contributed by atoms with E-state index >= 15 is 0 Å². The molecule has 148 valence electrons. The highest BCUT2D eigenvalue weighted by atomic mass is 127. The molecule has 0 spiro atoms. The van der Waals surface area contributed by atoms with Crippen molar-refractivity contribution in [1.29, 1.82) is 0 Å². The molecule has 1 aromatic carbocycles. The topological polar surface area (TPSA) is 54.9 Å². The van der Waals surface area contributed by atoms with Crippen LogP contribution >= 0.6 is 24.0 Å². The number of guanidine groups is 1. The minimum atomic E-state index is 0. The fourth-order valence-electron chi connectivity index (χ4n) is 2.81. The molecular weight excluding hydrogens is 441 g/mol. The first-order valence-corrected chi connectivity index (χ1v) is 9.60. The minimum Gasteiger partial charge on any atom is -0.381 e. The molecular formula is C20H34IN3O2. The standard InChI is InChI=1S/C20H33N3O2.HI/c1-2-21-20(22-12-6-10-18-8-4-3-5-9-18)23-13-7-14-24-16-19-11-15-25-17-19;/h3-5,8-9,19H,2,6-7,10-17H2,1H3,(H2,21,22,23);1H. The number of aliphatic imine (C=N–C) groups is 1. The Morgan fingerprint density at radius 3 is 2.81 bits per heavy atom. The zero-order chi connectivity index (χ0) is 17.6. The molecule has 26 heavy (non-hydrogen) atoms. The van der Waals surface area contributed by atoms with E-state index in [-0.39, 0.29) is 24.0 Å². The Morgan fingerprint density at radius 1 is 1.23 bits per heavy atom. The fraction of sp³-hybridized carbons (Fsp3) is 0.650. The van der Waals surface area contributed by atoms with Gasteiger partial charge in [-0.25, -0.2) is 0 Å². The van der Waals surface area contributed by atoms with Crippen molar-refractivity contribution in [3.05, 3.63) is 35.9 Å². The summed E-state index contributed by atoms with van der Waals surface area (Å²) in [7, 11) is 0. The van der Waals surface area contributed by atoms with Crippen LogP contribution in [0.1, 0.15) is 31.7 Å². The molecule has 1 fully saturated rings. The third kappa shape index (κ3) is 10.3. The van der Waals surface area contributed by atoms with Gasteiger partial charge in [-0.05, 0) is 38.2 Å². The number of aryl methyl sites for hydroxylation is 1. The van der Waals surface area contributed by atoms with Crippen molar-refractivity contribution in [3.8, 4) is 0 Å². The number of nitrogens with zero attached hydrogens (tertiary/aromatic N) is 1. The number of benzene rings is 1. The molecule has 0 radical (unpaired) electrons. The highest BCUT2D eigenvalue weighted by Crippen LogP contribution is 2.12. The van der Waals surface area contributed by atoms with Crippen LogP contribution in [0.4, 0.5) is 0 Å². The summed E-state index contributed by atoms with van der Waals surface area (Å²) >= 11 is 0. The average molecular weight is 475 g/mol. The second kappa shape index (κ2) is 15.2. The fourth-order valence-corrected chi connectivity index (χ4v) is 2.81. The molecule has 0 aliphatic carbocycles. The Kier molecular flexibility index (Phi) is 13.6. The van der Waals surface area contributed by atoms with E-state index in [1.807, 2.05) is 0 Å². The maximum Gasteiger partial charge on any atom is 0.191 e. The van der Waals surface area contributed by atoms with Gasteiger partial charge >= 0.3 is 0 Å². The Morgan fingerprint density at radius 2 is 2.08 bits per heavy atom. The van der Waals surface area contributed by atoms with E-state index in [9.17, 15) is 0 Å². The molecule has 5 nitrogen and oxygen atoms in total. The van der Waals surface area contributed by atoms with Gasteiger partial charge in [0.15, 0.2) is 5.96 Å². The number of hydrogen-bond acceptors (Lipinski definition) is 3. The van der Waals surface area contributed by atoms with Crippen molar-refractivity contribution in [1.82, 2.24) is 10.6 Å². The number of hydrogen-bond donors (Lipinski definition) is 2. The summed E-state index contributed by atoms with van der Waals surface area (Å²) in [5, 5.41) is 6.68. The first-order valence-electron chi connectivity index (χ1n) is 9.60. The smallest absolute Gasteiger partial charge is 0.191 e. The molecule has 1 atom stereocenters.